The van der Waals surface area contributed by atoms with Crippen molar-refractivity contribution >= 4 is 10.9 Å². The number of benzene rings is 1. The fraction of sp³-hybridized carbons (Fsp3) is 0.227. The summed E-state index contributed by atoms with van der Waals surface area (Å²) in [7, 11) is 0. The predicted molar refractivity (Wildman–Crippen MR) is 106 cm³/mol. The third kappa shape index (κ3) is 3.72. The van der Waals surface area contributed by atoms with Gasteiger partial charge in [-0.1, -0.05) is 32.0 Å². The Kier molecular flexibility index (Phi) is 4.67. The molecule has 3 aromatic heterocycles. The van der Waals surface area contributed by atoms with Gasteiger partial charge in [-0.2, -0.15) is 9.49 Å². The number of halogens is 1. The first-order chi connectivity index (χ1) is 13.1. The van der Waals surface area contributed by atoms with Crippen molar-refractivity contribution in [1.82, 2.24) is 19.7 Å². The fourth-order valence-corrected chi connectivity index (χ4v) is 3.12. The van der Waals surface area contributed by atoms with E-state index in [4.69, 9.17) is 0 Å². The molecule has 0 amide bonds. The predicted octanol–water partition coefficient (Wildman–Crippen LogP) is 5.35. The lowest BCUT2D eigenvalue weighted by Crippen LogP contribution is -2.01. The molecular weight excluding hydrogens is 339 g/mol. The van der Waals surface area contributed by atoms with Crippen LogP contribution in [0, 0.1) is 11.9 Å². The lowest BCUT2D eigenvalue weighted by Gasteiger charge is -2.09. The summed E-state index contributed by atoms with van der Waals surface area (Å²) in [4.78, 5) is 8.58. The molecule has 4 rings (SSSR count). The van der Waals surface area contributed by atoms with Gasteiger partial charge in [0.05, 0.1) is 17.4 Å². The van der Waals surface area contributed by atoms with E-state index in [0.29, 0.717) is 11.6 Å². The average Bonchev–Trinajstić information content (AvgIpc) is 3.15. The number of hydrogen-bond acceptors (Lipinski definition) is 3. The van der Waals surface area contributed by atoms with Crippen LogP contribution in [0.2, 0.25) is 0 Å². The number of aromatic nitrogens is 4. The van der Waals surface area contributed by atoms with Gasteiger partial charge in [-0.05, 0) is 36.6 Å². The van der Waals surface area contributed by atoms with Crippen molar-refractivity contribution in [1.29, 1.82) is 0 Å². The minimum atomic E-state index is -0.498. The number of hydrogen-bond donors (Lipinski definition) is 0. The molecule has 3 heterocycles. The summed E-state index contributed by atoms with van der Waals surface area (Å²) in [5, 5.41) is 5.50. The number of aryl methyl sites for hydroxylation is 1. The molecule has 0 N–H and O–H groups in total. The summed E-state index contributed by atoms with van der Waals surface area (Å²) < 4.78 is 15.9. The molecular formula is C22H21FN4. The van der Waals surface area contributed by atoms with E-state index in [1.807, 2.05) is 47.4 Å². The van der Waals surface area contributed by atoms with Gasteiger partial charge in [0.15, 0.2) is 0 Å². The summed E-state index contributed by atoms with van der Waals surface area (Å²) in [6.45, 7) is 5.25. The normalized spacial score (nSPS) is 11.4. The number of pyridine rings is 2. The summed E-state index contributed by atoms with van der Waals surface area (Å²) in [6, 6.07) is 13.0. The highest BCUT2D eigenvalue weighted by molar-refractivity contribution is 5.87. The molecule has 0 unspecified atom stereocenters. The molecule has 5 heteroatoms. The molecule has 0 saturated carbocycles. The summed E-state index contributed by atoms with van der Waals surface area (Å²) in [5.41, 5.74) is 4.10. The van der Waals surface area contributed by atoms with Gasteiger partial charge in [0.2, 0.25) is 5.95 Å². The van der Waals surface area contributed by atoms with Crippen LogP contribution in [0.1, 0.15) is 20.3 Å². The van der Waals surface area contributed by atoms with Crippen LogP contribution in [0.5, 0.6) is 0 Å². The van der Waals surface area contributed by atoms with E-state index in [1.54, 1.807) is 12.3 Å². The molecule has 27 heavy (non-hydrogen) atoms. The number of fused-ring (bicyclic) bond motifs is 1. The van der Waals surface area contributed by atoms with Crippen LogP contribution in [0.4, 0.5) is 4.39 Å². The van der Waals surface area contributed by atoms with Crippen molar-refractivity contribution in [2.45, 2.75) is 26.8 Å². The zero-order valence-corrected chi connectivity index (χ0v) is 15.4. The third-order valence-corrected chi connectivity index (χ3v) is 4.62. The molecule has 4 aromatic rings. The van der Waals surface area contributed by atoms with Gasteiger partial charge in [0, 0.05) is 41.0 Å². The lowest BCUT2D eigenvalue weighted by molar-refractivity contribution is 0.487. The molecule has 136 valence electrons. The quantitative estimate of drug-likeness (QED) is 0.451. The number of rotatable bonds is 5. The Labute approximate surface area is 157 Å². The maximum atomic E-state index is 13.9. The van der Waals surface area contributed by atoms with Gasteiger partial charge in [0.25, 0.3) is 0 Å². The first-order valence-corrected chi connectivity index (χ1v) is 9.14. The first kappa shape index (κ1) is 17.3. The molecule has 0 saturated heterocycles. The second-order valence-electron chi connectivity index (χ2n) is 7.12. The van der Waals surface area contributed by atoms with Crippen molar-refractivity contribution in [3.8, 4) is 22.4 Å². The Hall–Kier alpha value is -3.08. The van der Waals surface area contributed by atoms with Crippen LogP contribution >= 0.6 is 0 Å². The molecule has 0 fully saturated rings. The lowest BCUT2D eigenvalue weighted by atomic mass is 10.0. The Balaban J connectivity index is 1.76. The zero-order valence-electron chi connectivity index (χ0n) is 15.4. The Bertz CT molecular complexity index is 1080. The van der Waals surface area contributed by atoms with E-state index in [-0.39, 0.29) is 0 Å². The minimum absolute atomic E-state index is 0.498. The van der Waals surface area contributed by atoms with Gasteiger partial charge in [-0.3, -0.25) is 9.67 Å². The third-order valence-electron chi connectivity index (χ3n) is 4.62. The highest BCUT2D eigenvalue weighted by Gasteiger charge is 2.13. The summed E-state index contributed by atoms with van der Waals surface area (Å²) in [6.07, 6.45) is 6.63. The van der Waals surface area contributed by atoms with E-state index in [9.17, 15) is 4.39 Å². The second kappa shape index (κ2) is 7.27. The largest absolute Gasteiger partial charge is 0.272 e. The zero-order chi connectivity index (χ0) is 18.8. The standard InChI is InChI=1S/C22H21FN4/c1-15(2)9-11-27-14-18(13-25-27)19-7-8-21(23)26-22(19)17-6-5-16-4-3-10-24-20(16)12-17/h3-8,10,12-15H,9,11H2,1-2H3. The smallest absolute Gasteiger partial charge is 0.213 e. The van der Waals surface area contributed by atoms with Gasteiger partial charge in [-0.25, -0.2) is 4.98 Å². The van der Waals surface area contributed by atoms with Crippen molar-refractivity contribution < 1.29 is 4.39 Å². The van der Waals surface area contributed by atoms with Crippen LogP contribution in [-0.2, 0) is 6.54 Å². The Morgan fingerprint density at radius 3 is 2.81 bits per heavy atom. The van der Waals surface area contributed by atoms with E-state index >= 15 is 0 Å². The van der Waals surface area contributed by atoms with Crippen LogP contribution < -0.4 is 0 Å². The highest BCUT2D eigenvalue weighted by atomic mass is 19.1. The highest BCUT2D eigenvalue weighted by Crippen LogP contribution is 2.32. The summed E-state index contributed by atoms with van der Waals surface area (Å²) >= 11 is 0. The number of nitrogens with zero attached hydrogens (tertiary/aromatic N) is 4. The SMILES string of the molecule is CC(C)CCn1cc(-c2ccc(F)nc2-c2ccc3cccnc3c2)cn1. The maximum absolute atomic E-state index is 13.9. The monoisotopic (exact) mass is 360 g/mol. The second-order valence-corrected chi connectivity index (χ2v) is 7.12. The van der Waals surface area contributed by atoms with Crippen LogP contribution in [-0.4, -0.2) is 19.7 Å². The molecule has 0 atom stereocenters. The van der Waals surface area contributed by atoms with Crippen LogP contribution in [0.25, 0.3) is 33.3 Å². The Morgan fingerprint density at radius 1 is 1.07 bits per heavy atom. The minimum Gasteiger partial charge on any atom is -0.272 e. The van der Waals surface area contributed by atoms with Crippen molar-refractivity contribution in [3.63, 3.8) is 0 Å². The van der Waals surface area contributed by atoms with E-state index in [0.717, 1.165) is 40.6 Å². The van der Waals surface area contributed by atoms with Crippen molar-refractivity contribution in [3.05, 3.63) is 67.0 Å². The molecule has 1 aromatic carbocycles. The molecule has 0 bridgehead atoms. The van der Waals surface area contributed by atoms with Crippen molar-refractivity contribution in [2.24, 2.45) is 5.92 Å². The molecule has 0 aliphatic heterocycles. The molecule has 0 aliphatic rings. The van der Waals surface area contributed by atoms with E-state index < -0.39 is 5.95 Å². The molecule has 0 radical (unpaired) electrons. The Morgan fingerprint density at radius 2 is 1.96 bits per heavy atom. The van der Waals surface area contributed by atoms with E-state index in [2.05, 4.69) is 28.9 Å². The average molecular weight is 360 g/mol. The molecule has 0 aliphatic carbocycles. The maximum Gasteiger partial charge on any atom is 0.213 e. The van der Waals surface area contributed by atoms with Gasteiger partial charge in [-0.15, -0.1) is 0 Å². The van der Waals surface area contributed by atoms with Gasteiger partial charge in [0.1, 0.15) is 0 Å². The topological polar surface area (TPSA) is 43.6 Å². The molecule has 4 nitrogen and oxygen atoms in total. The fourth-order valence-electron chi connectivity index (χ4n) is 3.12. The van der Waals surface area contributed by atoms with Crippen molar-refractivity contribution in [2.75, 3.05) is 0 Å². The van der Waals surface area contributed by atoms with E-state index in [1.165, 1.54) is 6.07 Å². The van der Waals surface area contributed by atoms with Gasteiger partial charge < -0.3 is 0 Å². The summed E-state index contributed by atoms with van der Waals surface area (Å²) in [5.74, 6) is 0.118. The molecule has 0 spiro atoms. The van der Waals surface area contributed by atoms with Crippen LogP contribution in [0.3, 0.4) is 0 Å². The van der Waals surface area contributed by atoms with Gasteiger partial charge >= 0.3 is 0 Å². The van der Waals surface area contributed by atoms with Crippen LogP contribution in [0.15, 0.2) is 61.1 Å². The first-order valence-electron chi connectivity index (χ1n) is 9.14.